The maximum Gasteiger partial charge on any atom is 0.554 e. The molecule has 4 nitrogen and oxygen atoms in total. The summed E-state index contributed by atoms with van der Waals surface area (Å²) in [6.07, 6.45) is 5.36. The van der Waals surface area contributed by atoms with Crippen LogP contribution in [0.5, 0.6) is 0 Å². The van der Waals surface area contributed by atoms with E-state index in [1.807, 2.05) is 0 Å². The zero-order valence-corrected chi connectivity index (χ0v) is 47.1. The molecule has 0 N–H and O–H groups in total. The van der Waals surface area contributed by atoms with Crippen LogP contribution >= 0.6 is 0 Å². The lowest BCUT2D eigenvalue weighted by atomic mass is 9.85. The number of aromatic nitrogens is 2. The van der Waals surface area contributed by atoms with Gasteiger partial charge in [0.25, 0.3) is 0 Å². The zero-order chi connectivity index (χ0) is 56.0. The molecule has 28 rings (SSSR count). The van der Waals surface area contributed by atoms with Crippen LogP contribution in [0.15, 0.2) is 206 Å². The van der Waals surface area contributed by atoms with E-state index in [0.29, 0.717) is 0 Å². The van der Waals surface area contributed by atoms with Crippen molar-refractivity contribution >= 4 is 223 Å². The first-order chi connectivity index (χ1) is 44.2. The highest BCUT2D eigenvalue weighted by molar-refractivity contribution is 6.44. The third-order valence-corrected chi connectivity index (χ3v) is 23.9. The molecule has 0 fully saturated rings. The van der Waals surface area contributed by atoms with Crippen LogP contribution in [-0.4, -0.2) is 19.4 Å². The van der Waals surface area contributed by atoms with Gasteiger partial charge in [-0.3, -0.25) is 0 Å². The summed E-state index contributed by atoms with van der Waals surface area (Å²) in [6, 6.07) is 81.9. The molecular formula is C85H36N4+2. The van der Waals surface area contributed by atoms with E-state index in [9.17, 15) is 0 Å². The molecule has 0 bridgehead atoms. The fourth-order valence-corrected chi connectivity index (χ4v) is 21.1. The van der Waals surface area contributed by atoms with Gasteiger partial charge in [-0.05, 0) is 209 Å². The summed E-state index contributed by atoms with van der Waals surface area (Å²) in [7, 11) is 0. The SMILES string of the molecule is C1=c2c3c(c4ccc5ccc6cccc7cc2c4c5c67)-c2cc4c5cc6cccc7ccc8ccc(c9c4n2C24n%10c(cc%11c%12cc%13cccc%14ccc%15ccc(c(c%11%10)C1=[N+]32)c%12c%15c%14%13)=c1c2c(c3cc%10cccc%11ccc%12ccc1c3c%12c%11%10)=CC=9[N+]=24)c5c8c76. The van der Waals surface area contributed by atoms with Crippen molar-refractivity contribution in [1.82, 2.24) is 13.7 Å². The first-order valence-electron chi connectivity index (χ1n) is 31.6. The van der Waals surface area contributed by atoms with Gasteiger partial charge in [0.05, 0.1) is 54.1 Å². The maximum atomic E-state index is 2.92. The number of hydrogen-bond acceptors (Lipinski definition) is 0. The lowest BCUT2D eigenvalue weighted by molar-refractivity contribution is -0.590. The molecule has 0 aliphatic carbocycles. The topological polar surface area (TPSA) is 15.9 Å². The smallest absolute Gasteiger partial charge is 0.197 e. The average molecular weight is 1110 g/mol. The van der Waals surface area contributed by atoms with Crippen LogP contribution in [0.1, 0.15) is 5.56 Å². The average Bonchev–Trinajstić information content (AvgIpc) is 1.47. The fourth-order valence-electron chi connectivity index (χ4n) is 21.1. The number of hydrogen-bond donors (Lipinski definition) is 0. The van der Waals surface area contributed by atoms with Crippen molar-refractivity contribution in [2.24, 2.45) is 0 Å². The van der Waals surface area contributed by atoms with Gasteiger partial charge in [0.1, 0.15) is 0 Å². The molecule has 1 atom stereocenters. The van der Waals surface area contributed by atoms with Crippen molar-refractivity contribution in [2.75, 3.05) is 0 Å². The third-order valence-electron chi connectivity index (χ3n) is 23.9. The van der Waals surface area contributed by atoms with Gasteiger partial charge in [0.2, 0.25) is 22.5 Å². The Bertz CT molecular complexity index is 8010. The van der Waals surface area contributed by atoms with Crippen molar-refractivity contribution in [2.45, 2.75) is 5.91 Å². The molecular weight excluding hydrogens is 1080 g/mol. The first kappa shape index (κ1) is 41.4. The molecule has 20 aromatic carbocycles. The minimum atomic E-state index is -0.995. The predicted octanol–water partition coefficient (Wildman–Crippen LogP) is 17.4. The highest BCUT2D eigenvalue weighted by atomic mass is 15.6. The van der Waals surface area contributed by atoms with Gasteiger partial charge in [0, 0.05) is 22.9 Å². The molecule has 6 aliphatic heterocycles. The van der Waals surface area contributed by atoms with Gasteiger partial charge in [0.15, 0.2) is 0 Å². The van der Waals surface area contributed by atoms with Crippen LogP contribution < -0.4 is 25.6 Å². The van der Waals surface area contributed by atoms with Gasteiger partial charge < -0.3 is 0 Å². The number of fused-ring (bicyclic) bond motifs is 10. The molecule has 0 saturated carbocycles. The zero-order valence-electron chi connectivity index (χ0n) is 47.1. The fraction of sp³-hybridized carbons (Fsp3) is 0.0118. The molecule has 22 aromatic rings. The van der Waals surface area contributed by atoms with E-state index in [-0.39, 0.29) is 0 Å². The van der Waals surface area contributed by atoms with Gasteiger partial charge in [-0.2, -0.15) is 9.13 Å². The van der Waals surface area contributed by atoms with Crippen molar-refractivity contribution < 1.29 is 4.58 Å². The summed E-state index contributed by atoms with van der Waals surface area (Å²) >= 11 is 0. The Labute approximate surface area is 499 Å². The summed E-state index contributed by atoms with van der Waals surface area (Å²) in [6.45, 7) is 0. The summed E-state index contributed by atoms with van der Waals surface area (Å²) < 4.78 is 11.7. The standard InChI is InChI=1S/C85H36N4/c1-5-37-13-17-41-21-25-49-73-53(29-45(9-1)65(37)69(41)73)57-33-61-78-50-26-22-42-18-14-38-6-2-11-47-31-55(74(50)70(42)66(38)47)59-35-63-80-52-28-24-44-20-16-40-8-4-12-48-32-56(76(52)72(44)68(40)48)60-36-64-79-51-27-23-43-19-15-39-7-3-10-46-30-54(75(51)71(43)67(39)46)58-34-62-77(49)81(57)86(61)85(87(62)83(58)79,88(63)82(59)78)89(64)84(60)80/h1-36H/q+2. The van der Waals surface area contributed by atoms with E-state index in [1.54, 1.807) is 0 Å². The molecule has 6 aliphatic rings. The van der Waals surface area contributed by atoms with E-state index in [4.69, 9.17) is 0 Å². The Morgan fingerprint density at radius 3 is 1.27 bits per heavy atom. The highest BCUT2D eigenvalue weighted by Gasteiger charge is 2.72. The lowest BCUT2D eigenvalue weighted by Gasteiger charge is -2.39. The Hall–Kier alpha value is -11.7. The summed E-state index contributed by atoms with van der Waals surface area (Å²) in [4.78, 5) is 0. The highest BCUT2D eigenvalue weighted by Crippen LogP contribution is 2.59. The Morgan fingerprint density at radius 2 is 0.708 bits per heavy atom. The van der Waals surface area contributed by atoms with Crippen LogP contribution in [0.25, 0.3) is 223 Å². The summed E-state index contributed by atoms with van der Waals surface area (Å²) in [5.74, 6) is -0.995. The van der Waals surface area contributed by atoms with Crippen LogP contribution in [0.4, 0.5) is 5.69 Å². The Kier molecular flexibility index (Phi) is 5.79. The first-order valence-corrected chi connectivity index (χ1v) is 31.6. The van der Waals surface area contributed by atoms with Gasteiger partial charge in [-0.1, -0.05) is 179 Å². The van der Waals surface area contributed by atoms with E-state index in [1.165, 1.54) is 260 Å². The number of benzene rings is 20. The van der Waals surface area contributed by atoms with E-state index < -0.39 is 5.91 Å². The molecule has 0 amide bonds. The molecule has 1 unspecified atom stereocenters. The molecule has 0 radical (unpaired) electrons. The largest absolute Gasteiger partial charge is 0.554 e. The third kappa shape index (κ3) is 3.81. The second-order valence-corrected chi connectivity index (χ2v) is 27.2. The minimum absolute atomic E-state index is 0.995. The summed E-state index contributed by atoms with van der Waals surface area (Å²) in [5.41, 5.74) is 10.4. The van der Waals surface area contributed by atoms with Crippen LogP contribution in [-0.2, 0) is 5.91 Å². The molecule has 0 saturated heterocycles. The van der Waals surface area contributed by atoms with Crippen molar-refractivity contribution in [3.63, 3.8) is 0 Å². The molecule has 2 aromatic heterocycles. The number of rotatable bonds is 0. The molecule has 394 valence electrons. The molecule has 89 heavy (non-hydrogen) atoms. The molecule has 4 heteroatoms. The number of nitrogens with zero attached hydrogens (tertiary/aromatic N) is 4. The van der Waals surface area contributed by atoms with E-state index in [0.717, 1.165) is 0 Å². The maximum absolute atomic E-state index is 2.92. The summed E-state index contributed by atoms with van der Waals surface area (Å²) in [5, 5.41) is 52.9. The van der Waals surface area contributed by atoms with Crippen molar-refractivity contribution in [3.05, 3.63) is 243 Å². The van der Waals surface area contributed by atoms with E-state index >= 15 is 0 Å². The predicted molar refractivity (Wildman–Crippen MR) is 370 cm³/mol. The molecule has 8 heterocycles. The molecule has 1 spiro atoms. The van der Waals surface area contributed by atoms with E-state index in [2.05, 4.69) is 237 Å². The quantitative estimate of drug-likeness (QED) is 0.0817. The van der Waals surface area contributed by atoms with Crippen LogP contribution in [0.2, 0.25) is 0 Å². The minimum Gasteiger partial charge on any atom is -0.197 e. The van der Waals surface area contributed by atoms with Crippen molar-refractivity contribution in [1.29, 1.82) is 0 Å². The normalized spacial score (nSPS) is 16.9. The second kappa shape index (κ2) is 12.5. The van der Waals surface area contributed by atoms with Gasteiger partial charge in [-0.15, -0.1) is 0 Å². The Morgan fingerprint density at radius 1 is 0.281 bits per heavy atom. The monoisotopic (exact) mass is 1110 g/mol. The van der Waals surface area contributed by atoms with Crippen LogP contribution in [0.3, 0.4) is 0 Å². The lowest BCUT2D eigenvalue weighted by Crippen LogP contribution is -2.68. The van der Waals surface area contributed by atoms with Gasteiger partial charge >= 0.3 is 5.91 Å². The van der Waals surface area contributed by atoms with Crippen molar-refractivity contribution in [3.8, 4) is 11.3 Å². The second-order valence-electron chi connectivity index (χ2n) is 27.2. The van der Waals surface area contributed by atoms with Crippen LogP contribution in [0, 0.1) is 10.6 Å². The Balaban J connectivity index is 0.988. The van der Waals surface area contributed by atoms with Gasteiger partial charge in [-0.25, -0.2) is 0 Å².